The molecule has 0 aliphatic heterocycles. The van der Waals surface area contributed by atoms with E-state index < -0.39 is 0 Å². The molecule has 140 valence electrons. The number of aromatic nitrogens is 3. The SMILES string of the molecule is COc1ccc(Cl)cc1CN(C)C(=O)c1nc(C)n(-c2ccc(F)cc2)n1. The highest BCUT2D eigenvalue weighted by atomic mass is 35.5. The first-order valence-electron chi connectivity index (χ1n) is 8.16. The van der Waals surface area contributed by atoms with Gasteiger partial charge in [-0.15, -0.1) is 5.10 Å². The van der Waals surface area contributed by atoms with E-state index in [1.807, 2.05) is 0 Å². The molecule has 0 fully saturated rings. The lowest BCUT2D eigenvalue weighted by Crippen LogP contribution is -2.27. The third-order valence-corrected chi connectivity index (χ3v) is 4.26. The normalized spacial score (nSPS) is 10.7. The molecule has 0 aliphatic carbocycles. The number of hydrogen-bond donors (Lipinski definition) is 0. The number of carbonyl (C=O) groups is 1. The number of aryl methyl sites for hydroxylation is 1. The fraction of sp³-hybridized carbons (Fsp3) is 0.211. The summed E-state index contributed by atoms with van der Waals surface area (Å²) in [5.41, 5.74) is 1.40. The van der Waals surface area contributed by atoms with Crippen LogP contribution in [0.15, 0.2) is 42.5 Å². The van der Waals surface area contributed by atoms with Gasteiger partial charge in [0.25, 0.3) is 5.91 Å². The van der Waals surface area contributed by atoms with Crippen molar-refractivity contribution in [3.05, 3.63) is 70.5 Å². The van der Waals surface area contributed by atoms with Gasteiger partial charge >= 0.3 is 0 Å². The number of methoxy groups -OCH3 is 1. The van der Waals surface area contributed by atoms with E-state index in [0.717, 1.165) is 5.56 Å². The molecule has 0 N–H and O–H groups in total. The lowest BCUT2D eigenvalue weighted by molar-refractivity contribution is 0.0772. The number of carbonyl (C=O) groups excluding carboxylic acids is 1. The van der Waals surface area contributed by atoms with Gasteiger partial charge in [-0.05, 0) is 49.4 Å². The van der Waals surface area contributed by atoms with Crippen LogP contribution in [-0.4, -0.2) is 39.7 Å². The van der Waals surface area contributed by atoms with Crippen molar-refractivity contribution in [1.29, 1.82) is 0 Å². The topological polar surface area (TPSA) is 60.2 Å². The Morgan fingerprint density at radius 2 is 1.96 bits per heavy atom. The van der Waals surface area contributed by atoms with Gasteiger partial charge in [0.2, 0.25) is 5.82 Å². The van der Waals surface area contributed by atoms with Gasteiger partial charge < -0.3 is 9.64 Å². The molecule has 2 aromatic carbocycles. The van der Waals surface area contributed by atoms with Crippen LogP contribution in [0, 0.1) is 12.7 Å². The maximum Gasteiger partial charge on any atom is 0.293 e. The second kappa shape index (κ2) is 7.75. The molecule has 1 amide bonds. The van der Waals surface area contributed by atoms with Gasteiger partial charge in [0.05, 0.1) is 12.8 Å². The Bertz CT molecular complexity index is 972. The predicted molar refractivity (Wildman–Crippen MR) is 99.9 cm³/mol. The molecule has 0 saturated heterocycles. The van der Waals surface area contributed by atoms with Crippen LogP contribution in [0.3, 0.4) is 0 Å². The third-order valence-electron chi connectivity index (χ3n) is 4.03. The minimum absolute atomic E-state index is 0.0559. The summed E-state index contributed by atoms with van der Waals surface area (Å²) >= 11 is 6.04. The van der Waals surface area contributed by atoms with Crippen LogP contribution in [0.5, 0.6) is 5.75 Å². The van der Waals surface area contributed by atoms with Crippen molar-refractivity contribution < 1.29 is 13.9 Å². The molecule has 0 radical (unpaired) electrons. The molecule has 0 atom stereocenters. The summed E-state index contributed by atoms with van der Waals surface area (Å²) in [6.07, 6.45) is 0. The highest BCUT2D eigenvalue weighted by molar-refractivity contribution is 6.30. The molecule has 8 heteroatoms. The Balaban J connectivity index is 1.83. The van der Waals surface area contributed by atoms with E-state index in [-0.39, 0.29) is 24.1 Å². The highest BCUT2D eigenvalue weighted by Crippen LogP contribution is 2.24. The number of rotatable bonds is 5. The van der Waals surface area contributed by atoms with Crippen molar-refractivity contribution in [3.63, 3.8) is 0 Å². The molecule has 1 aromatic heterocycles. The fourth-order valence-corrected chi connectivity index (χ4v) is 2.87. The molecule has 0 saturated carbocycles. The second-order valence-electron chi connectivity index (χ2n) is 5.99. The van der Waals surface area contributed by atoms with E-state index >= 15 is 0 Å². The molecule has 27 heavy (non-hydrogen) atoms. The number of amides is 1. The Kier molecular flexibility index (Phi) is 5.41. The second-order valence-corrected chi connectivity index (χ2v) is 6.42. The summed E-state index contributed by atoms with van der Waals surface area (Å²) in [5, 5.41) is 4.82. The molecule has 0 spiro atoms. The van der Waals surface area contributed by atoms with Gasteiger partial charge in [-0.25, -0.2) is 14.1 Å². The van der Waals surface area contributed by atoms with E-state index in [0.29, 0.717) is 22.3 Å². The molecular weight excluding hydrogens is 371 g/mol. The summed E-state index contributed by atoms with van der Waals surface area (Å²) < 4.78 is 19.9. The summed E-state index contributed by atoms with van der Waals surface area (Å²) in [5.74, 6) is 0.531. The molecule has 6 nitrogen and oxygen atoms in total. The zero-order valence-corrected chi connectivity index (χ0v) is 15.9. The average molecular weight is 389 g/mol. The Morgan fingerprint density at radius 1 is 1.26 bits per heavy atom. The van der Waals surface area contributed by atoms with Crippen molar-refractivity contribution in [1.82, 2.24) is 19.7 Å². The Hall–Kier alpha value is -2.93. The van der Waals surface area contributed by atoms with Gasteiger partial charge in [-0.2, -0.15) is 0 Å². The quantitative estimate of drug-likeness (QED) is 0.669. The zero-order chi connectivity index (χ0) is 19.6. The molecule has 3 rings (SSSR count). The first-order valence-corrected chi connectivity index (χ1v) is 8.54. The fourth-order valence-electron chi connectivity index (χ4n) is 2.68. The van der Waals surface area contributed by atoms with Crippen molar-refractivity contribution >= 4 is 17.5 Å². The van der Waals surface area contributed by atoms with Crippen LogP contribution in [0.4, 0.5) is 4.39 Å². The van der Waals surface area contributed by atoms with E-state index in [2.05, 4.69) is 10.1 Å². The summed E-state index contributed by atoms with van der Waals surface area (Å²) in [7, 11) is 3.21. The number of benzene rings is 2. The maximum atomic E-state index is 13.1. The van der Waals surface area contributed by atoms with Crippen molar-refractivity contribution in [2.75, 3.05) is 14.2 Å². The largest absolute Gasteiger partial charge is 0.496 e. The van der Waals surface area contributed by atoms with E-state index in [1.54, 1.807) is 51.4 Å². The van der Waals surface area contributed by atoms with Gasteiger partial charge in [0.15, 0.2) is 0 Å². The average Bonchev–Trinajstić information content (AvgIpc) is 3.03. The number of hydrogen-bond acceptors (Lipinski definition) is 4. The van der Waals surface area contributed by atoms with E-state index in [9.17, 15) is 9.18 Å². The third kappa shape index (κ3) is 4.09. The van der Waals surface area contributed by atoms with E-state index in [4.69, 9.17) is 16.3 Å². The summed E-state index contributed by atoms with van der Waals surface area (Å²) in [6.45, 7) is 2.01. The number of ether oxygens (including phenoxy) is 1. The van der Waals surface area contributed by atoms with Crippen molar-refractivity contribution in [2.45, 2.75) is 13.5 Å². The molecular formula is C19H18ClFN4O2. The van der Waals surface area contributed by atoms with Gasteiger partial charge in [-0.1, -0.05) is 11.6 Å². The number of halogens is 2. The zero-order valence-electron chi connectivity index (χ0n) is 15.1. The smallest absolute Gasteiger partial charge is 0.293 e. The highest BCUT2D eigenvalue weighted by Gasteiger charge is 2.20. The van der Waals surface area contributed by atoms with Crippen LogP contribution in [-0.2, 0) is 6.54 Å². The maximum absolute atomic E-state index is 13.1. The van der Waals surface area contributed by atoms with Crippen LogP contribution >= 0.6 is 11.6 Å². The van der Waals surface area contributed by atoms with Gasteiger partial charge in [0.1, 0.15) is 17.4 Å². The van der Waals surface area contributed by atoms with Crippen LogP contribution in [0.1, 0.15) is 22.0 Å². The molecule has 1 heterocycles. The van der Waals surface area contributed by atoms with Gasteiger partial charge in [-0.3, -0.25) is 4.79 Å². The number of nitrogens with zero attached hydrogens (tertiary/aromatic N) is 4. The van der Waals surface area contributed by atoms with Crippen LogP contribution in [0.2, 0.25) is 5.02 Å². The van der Waals surface area contributed by atoms with Crippen LogP contribution in [0.25, 0.3) is 5.69 Å². The predicted octanol–water partition coefficient (Wildman–Crippen LogP) is 3.65. The first-order chi connectivity index (χ1) is 12.9. The lowest BCUT2D eigenvalue weighted by atomic mass is 10.2. The molecule has 0 unspecified atom stereocenters. The summed E-state index contributed by atoms with van der Waals surface area (Å²) in [4.78, 5) is 18.5. The van der Waals surface area contributed by atoms with E-state index in [1.165, 1.54) is 21.7 Å². The molecule has 0 bridgehead atoms. The first kappa shape index (κ1) is 18.8. The summed E-state index contributed by atoms with van der Waals surface area (Å²) in [6, 6.07) is 11.0. The minimum atomic E-state index is -0.346. The van der Waals surface area contributed by atoms with Crippen LogP contribution < -0.4 is 4.74 Å². The minimum Gasteiger partial charge on any atom is -0.496 e. The Morgan fingerprint density at radius 3 is 2.63 bits per heavy atom. The van der Waals surface area contributed by atoms with Gasteiger partial charge in [0, 0.05) is 24.2 Å². The van der Waals surface area contributed by atoms with Crippen molar-refractivity contribution in [3.8, 4) is 11.4 Å². The standard InChI is InChI=1S/C19H18ClFN4O2/c1-12-22-18(23-25(12)16-7-5-15(21)6-8-16)19(26)24(2)11-13-10-14(20)4-9-17(13)27-3/h4-10H,11H2,1-3H3. The lowest BCUT2D eigenvalue weighted by Gasteiger charge is -2.17. The molecule has 3 aromatic rings. The van der Waals surface area contributed by atoms with Crippen molar-refractivity contribution in [2.24, 2.45) is 0 Å². The molecule has 0 aliphatic rings. The Labute approximate surface area is 161 Å². The monoisotopic (exact) mass is 388 g/mol.